The lowest BCUT2D eigenvalue weighted by atomic mass is 9.97. The van der Waals surface area contributed by atoms with Gasteiger partial charge in [-0.05, 0) is 37.1 Å². The largest absolute Gasteiger partial charge is 0.313 e. The third-order valence-electron chi connectivity index (χ3n) is 3.19. The van der Waals surface area contributed by atoms with E-state index >= 15 is 0 Å². The van der Waals surface area contributed by atoms with Crippen molar-refractivity contribution in [2.24, 2.45) is 0 Å². The number of rotatable bonds is 4. The van der Waals surface area contributed by atoms with E-state index in [1.807, 2.05) is 0 Å². The zero-order valence-electron chi connectivity index (χ0n) is 11.5. The molecule has 0 bridgehead atoms. The Morgan fingerprint density at radius 1 is 0.889 bits per heavy atom. The van der Waals surface area contributed by atoms with Gasteiger partial charge in [-0.2, -0.15) is 0 Å². The maximum atomic E-state index is 3.41. The van der Waals surface area contributed by atoms with Crippen molar-refractivity contribution >= 4 is 0 Å². The van der Waals surface area contributed by atoms with Gasteiger partial charge in [-0.15, -0.1) is 0 Å². The SMILES string of the molecule is CCNCc1ccc(C)cc1-c1ccc(C)cc1. The fraction of sp³-hybridized carbons (Fsp3) is 0.294. The minimum absolute atomic E-state index is 0.931. The summed E-state index contributed by atoms with van der Waals surface area (Å²) in [6, 6.07) is 15.5. The van der Waals surface area contributed by atoms with Gasteiger partial charge in [0.25, 0.3) is 0 Å². The molecular formula is C17H21N. The van der Waals surface area contributed by atoms with Crippen LogP contribution in [-0.4, -0.2) is 6.54 Å². The predicted molar refractivity (Wildman–Crippen MR) is 78.7 cm³/mol. The highest BCUT2D eigenvalue weighted by Gasteiger charge is 2.05. The van der Waals surface area contributed by atoms with Gasteiger partial charge >= 0.3 is 0 Å². The van der Waals surface area contributed by atoms with Crippen molar-refractivity contribution in [2.75, 3.05) is 6.54 Å². The third-order valence-corrected chi connectivity index (χ3v) is 3.19. The zero-order valence-corrected chi connectivity index (χ0v) is 11.5. The van der Waals surface area contributed by atoms with Crippen LogP contribution < -0.4 is 5.32 Å². The third kappa shape index (κ3) is 2.99. The van der Waals surface area contributed by atoms with Crippen molar-refractivity contribution in [1.29, 1.82) is 0 Å². The van der Waals surface area contributed by atoms with E-state index in [0.717, 1.165) is 13.1 Å². The Hall–Kier alpha value is -1.60. The second-order valence-corrected chi connectivity index (χ2v) is 4.81. The van der Waals surface area contributed by atoms with Crippen molar-refractivity contribution in [2.45, 2.75) is 27.3 Å². The molecule has 0 saturated heterocycles. The van der Waals surface area contributed by atoms with Gasteiger partial charge in [-0.1, -0.05) is 60.5 Å². The van der Waals surface area contributed by atoms with Gasteiger partial charge in [-0.3, -0.25) is 0 Å². The van der Waals surface area contributed by atoms with Crippen LogP contribution in [0.3, 0.4) is 0 Å². The first-order valence-corrected chi connectivity index (χ1v) is 6.58. The molecule has 94 valence electrons. The topological polar surface area (TPSA) is 12.0 Å². The molecule has 0 heterocycles. The molecule has 18 heavy (non-hydrogen) atoms. The standard InChI is InChI=1S/C17H21N/c1-4-18-12-16-10-7-14(3)11-17(16)15-8-5-13(2)6-9-15/h5-11,18H,4,12H2,1-3H3. The Balaban J connectivity index is 2.40. The van der Waals surface area contributed by atoms with Crippen LogP contribution in [-0.2, 0) is 6.54 Å². The lowest BCUT2D eigenvalue weighted by molar-refractivity contribution is 0.728. The maximum Gasteiger partial charge on any atom is 0.0211 e. The molecule has 0 aliphatic heterocycles. The van der Waals surface area contributed by atoms with E-state index in [9.17, 15) is 0 Å². The van der Waals surface area contributed by atoms with Crippen molar-refractivity contribution < 1.29 is 0 Å². The molecule has 2 rings (SSSR count). The fourth-order valence-electron chi connectivity index (χ4n) is 2.11. The van der Waals surface area contributed by atoms with E-state index in [4.69, 9.17) is 0 Å². The molecule has 0 spiro atoms. The summed E-state index contributed by atoms with van der Waals surface area (Å²) in [6.07, 6.45) is 0. The van der Waals surface area contributed by atoms with Crippen LogP contribution in [0.15, 0.2) is 42.5 Å². The normalized spacial score (nSPS) is 10.6. The lowest BCUT2D eigenvalue weighted by Crippen LogP contribution is -2.12. The molecule has 0 amide bonds. The Bertz CT molecular complexity index is 512. The summed E-state index contributed by atoms with van der Waals surface area (Å²) in [4.78, 5) is 0. The van der Waals surface area contributed by atoms with Gasteiger partial charge in [0.1, 0.15) is 0 Å². The maximum absolute atomic E-state index is 3.41. The molecule has 1 nitrogen and oxygen atoms in total. The van der Waals surface area contributed by atoms with E-state index in [-0.39, 0.29) is 0 Å². The van der Waals surface area contributed by atoms with Crippen LogP contribution in [0.5, 0.6) is 0 Å². The fourth-order valence-corrected chi connectivity index (χ4v) is 2.11. The van der Waals surface area contributed by atoms with Crippen LogP contribution in [0.2, 0.25) is 0 Å². The minimum atomic E-state index is 0.931. The molecule has 0 aliphatic carbocycles. The summed E-state index contributed by atoms with van der Waals surface area (Å²) in [5.74, 6) is 0. The van der Waals surface area contributed by atoms with Crippen LogP contribution in [0.4, 0.5) is 0 Å². The molecule has 0 aliphatic rings. The highest BCUT2D eigenvalue weighted by molar-refractivity contribution is 5.68. The van der Waals surface area contributed by atoms with E-state index < -0.39 is 0 Å². The van der Waals surface area contributed by atoms with E-state index in [1.54, 1.807) is 0 Å². The molecule has 0 unspecified atom stereocenters. The average molecular weight is 239 g/mol. The first-order chi connectivity index (χ1) is 8.70. The summed E-state index contributed by atoms with van der Waals surface area (Å²) in [5, 5.41) is 3.41. The monoisotopic (exact) mass is 239 g/mol. The number of benzene rings is 2. The second-order valence-electron chi connectivity index (χ2n) is 4.81. The Morgan fingerprint density at radius 2 is 1.56 bits per heavy atom. The summed E-state index contributed by atoms with van der Waals surface area (Å²) < 4.78 is 0. The predicted octanol–water partition coefficient (Wildman–Crippen LogP) is 4.08. The van der Waals surface area contributed by atoms with Crippen molar-refractivity contribution in [3.8, 4) is 11.1 Å². The first kappa shape index (κ1) is 12.8. The van der Waals surface area contributed by atoms with Crippen LogP contribution >= 0.6 is 0 Å². The van der Waals surface area contributed by atoms with Gasteiger partial charge in [0.05, 0.1) is 0 Å². The smallest absolute Gasteiger partial charge is 0.0211 e. The number of hydrogen-bond acceptors (Lipinski definition) is 1. The number of nitrogens with one attached hydrogen (secondary N) is 1. The average Bonchev–Trinajstić information content (AvgIpc) is 2.38. The molecule has 2 aromatic carbocycles. The molecule has 1 heteroatoms. The van der Waals surface area contributed by atoms with Crippen molar-refractivity contribution in [3.63, 3.8) is 0 Å². The van der Waals surface area contributed by atoms with E-state index in [1.165, 1.54) is 27.8 Å². The molecule has 0 saturated carbocycles. The quantitative estimate of drug-likeness (QED) is 0.847. The molecule has 2 aromatic rings. The van der Waals surface area contributed by atoms with Gasteiger partial charge < -0.3 is 5.32 Å². The molecular weight excluding hydrogens is 218 g/mol. The number of aryl methyl sites for hydroxylation is 2. The molecule has 0 fully saturated rings. The Kier molecular flexibility index (Phi) is 4.16. The first-order valence-electron chi connectivity index (χ1n) is 6.58. The van der Waals surface area contributed by atoms with Crippen LogP contribution in [0.1, 0.15) is 23.6 Å². The lowest BCUT2D eigenvalue weighted by Gasteiger charge is -2.11. The van der Waals surface area contributed by atoms with Crippen molar-refractivity contribution in [1.82, 2.24) is 5.32 Å². The molecule has 0 aromatic heterocycles. The van der Waals surface area contributed by atoms with E-state index in [2.05, 4.69) is 68.6 Å². The molecule has 1 N–H and O–H groups in total. The minimum Gasteiger partial charge on any atom is -0.313 e. The van der Waals surface area contributed by atoms with Gasteiger partial charge in [0, 0.05) is 6.54 Å². The molecule has 0 atom stereocenters. The van der Waals surface area contributed by atoms with Crippen LogP contribution in [0, 0.1) is 13.8 Å². The van der Waals surface area contributed by atoms with E-state index in [0.29, 0.717) is 0 Å². The summed E-state index contributed by atoms with van der Waals surface area (Å²) >= 11 is 0. The van der Waals surface area contributed by atoms with Crippen LogP contribution in [0.25, 0.3) is 11.1 Å². The van der Waals surface area contributed by atoms with Gasteiger partial charge in [0.2, 0.25) is 0 Å². The van der Waals surface area contributed by atoms with Crippen molar-refractivity contribution in [3.05, 3.63) is 59.2 Å². The highest BCUT2D eigenvalue weighted by Crippen LogP contribution is 2.25. The molecule has 0 radical (unpaired) electrons. The summed E-state index contributed by atoms with van der Waals surface area (Å²) in [6.45, 7) is 8.34. The Morgan fingerprint density at radius 3 is 2.22 bits per heavy atom. The highest BCUT2D eigenvalue weighted by atomic mass is 14.8. The second kappa shape index (κ2) is 5.83. The number of hydrogen-bond donors (Lipinski definition) is 1. The summed E-state index contributed by atoms with van der Waals surface area (Å²) in [7, 11) is 0. The zero-order chi connectivity index (χ0) is 13.0. The summed E-state index contributed by atoms with van der Waals surface area (Å²) in [5.41, 5.74) is 6.63. The Labute approximate surface area is 110 Å². The van der Waals surface area contributed by atoms with Gasteiger partial charge in [-0.25, -0.2) is 0 Å². The van der Waals surface area contributed by atoms with Gasteiger partial charge in [0.15, 0.2) is 0 Å².